The molecule has 0 fully saturated rings. The van der Waals surface area contributed by atoms with Crippen molar-refractivity contribution in [1.29, 1.82) is 0 Å². The maximum Gasteiger partial charge on any atom is 0.244 e. The Balaban J connectivity index is 1.38. The molecule has 0 saturated heterocycles. The van der Waals surface area contributed by atoms with E-state index in [4.69, 9.17) is 4.74 Å². The van der Waals surface area contributed by atoms with E-state index >= 15 is 0 Å². The van der Waals surface area contributed by atoms with Gasteiger partial charge in [-0.2, -0.15) is 4.31 Å². The van der Waals surface area contributed by atoms with Crippen LogP contribution in [0, 0.1) is 0 Å². The van der Waals surface area contributed by atoms with Crippen molar-refractivity contribution < 1.29 is 17.9 Å². The number of benzene rings is 3. The molecule has 0 unspecified atom stereocenters. The lowest BCUT2D eigenvalue weighted by molar-refractivity contribution is -0.118. The van der Waals surface area contributed by atoms with E-state index in [9.17, 15) is 13.2 Å². The Bertz CT molecular complexity index is 1090. The van der Waals surface area contributed by atoms with E-state index in [1.54, 1.807) is 36.4 Å². The number of nitrogens with zero attached hydrogens (tertiary/aromatic N) is 1. The van der Waals surface area contributed by atoms with Crippen LogP contribution >= 0.6 is 0 Å². The van der Waals surface area contributed by atoms with E-state index < -0.39 is 10.0 Å². The van der Waals surface area contributed by atoms with Gasteiger partial charge < -0.3 is 4.74 Å². The Kier molecular flexibility index (Phi) is 4.98. The van der Waals surface area contributed by atoms with Gasteiger partial charge in [0.2, 0.25) is 10.0 Å². The molecule has 4 rings (SSSR count). The number of sulfonamides is 1. The molecule has 0 atom stereocenters. The summed E-state index contributed by atoms with van der Waals surface area (Å²) in [6, 6.07) is 23.6. The van der Waals surface area contributed by atoms with Crippen molar-refractivity contribution in [3.8, 4) is 11.5 Å². The predicted molar refractivity (Wildman–Crippen MR) is 106 cm³/mol. The molecule has 28 heavy (non-hydrogen) atoms. The summed E-state index contributed by atoms with van der Waals surface area (Å²) in [6.07, 6.45) is 0.175. The number of para-hydroxylation sites is 1. The number of ether oxygens (including phenoxy) is 1. The van der Waals surface area contributed by atoms with E-state index in [-0.39, 0.29) is 25.3 Å². The van der Waals surface area contributed by atoms with Crippen LogP contribution in [0.5, 0.6) is 11.5 Å². The van der Waals surface area contributed by atoms with Crippen molar-refractivity contribution in [2.45, 2.75) is 17.9 Å². The van der Waals surface area contributed by atoms with Crippen molar-refractivity contribution in [1.82, 2.24) is 4.31 Å². The molecule has 0 aromatic heterocycles. The van der Waals surface area contributed by atoms with Gasteiger partial charge in [-0.25, -0.2) is 8.42 Å². The lowest BCUT2D eigenvalue weighted by Crippen LogP contribution is -2.31. The number of hydrogen-bond donors (Lipinski definition) is 0. The van der Waals surface area contributed by atoms with E-state index in [1.165, 1.54) is 4.31 Å². The number of carbonyl (C=O) groups excluding carboxylic acids is 1. The maximum absolute atomic E-state index is 12.5. The Morgan fingerprint density at radius 2 is 1.50 bits per heavy atom. The van der Waals surface area contributed by atoms with Gasteiger partial charge in [-0.3, -0.25) is 4.79 Å². The molecular formula is C22H19NO4S. The van der Waals surface area contributed by atoms with Gasteiger partial charge in [0.15, 0.2) is 5.78 Å². The standard InChI is InChI=1S/C22H19NO4S/c24-19(16-23-15-18-6-4-5-9-22(18)28(23,25)26)14-17-10-12-21(13-11-17)27-20-7-2-1-3-8-20/h1-13H,14-16H2. The highest BCUT2D eigenvalue weighted by atomic mass is 32.2. The zero-order chi connectivity index (χ0) is 19.6. The summed E-state index contributed by atoms with van der Waals surface area (Å²) in [5, 5.41) is 0. The monoisotopic (exact) mass is 393 g/mol. The first-order valence-corrected chi connectivity index (χ1v) is 10.4. The second-order valence-electron chi connectivity index (χ2n) is 6.66. The molecular weight excluding hydrogens is 374 g/mol. The average Bonchev–Trinajstić information content (AvgIpc) is 2.94. The molecule has 3 aromatic rings. The van der Waals surface area contributed by atoms with E-state index in [2.05, 4.69) is 0 Å². The van der Waals surface area contributed by atoms with Crippen LogP contribution in [0.2, 0.25) is 0 Å². The van der Waals surface area contributed by atoms with E-state index in [1.807, 2.05) is 42.5 Å². The summed E-state index contributed by atoms with van der Waals surface area (Å²) in [6.45, 7) is 0.118. The summed E-state index contributed by atoms with van der Waals surface area (Å²) in [4.78, 5) is 12.7. The fourth-order valence-corrected chi connectivity index (χ4v) is 4.84. The first-order valence-electron chi connectivity index (χ1n) is 8.94. The predicted octanol–water partition coefficient (Wildman–Crippen LogP) is 3.80. The van der Waals surface area contributed by atoms with Gasteiger partial charge in [-0.05, 0) is 41.5 Å². The van der Waals surface area contributed by atoms with Gasteiger partial charge in [0.25, 0.3) is 0 Å². The van der Waals surface area contributed by atoms with Crippen LogP contribution < -0.4 is 4.74 Å². The number of Topliss-reactive ketones (excluding diaryl/α,β-unsaturated/α-hetero) is 1. The first-order chi connectivity index (χ1) is 13.5. The van der Waals surface area contributed by atoms with Gasteiger partial charge >= 0.3 is 0 Å². The molecule has 0 spiro atoms. The third kappa shape index (κ3) is 3.83. The zero-order valence-electron chi connectivity index (χ0n) is 15.1. The molecule has 0 N–H and O–H groups in total. The van der Waals surface area contributed by atoms with Gasteiger partial charge in [-0.1, -0.05) is 48.5 Å². The Labute approximate surface area is 164 Å². The number of carbonyl (C=O) groups is 1. The lowest BCUT2D eigenvalue weighted by atomic mass is 10.1. The van der Waals surface area contributed by atoms with Gasteiger partial charge in [0, 0.05) is 13.0 Å². The molecule has 1 aliphatic rings. The number of hydrogen-bond acceptors (Lipinski definition) is 4. The SMILES string of the molecule is O=C(Cc1ccc(Oc2ccccc2)cc1)CN1Cc2ccccc2S1(=O)=O. The smallest absolute Gasteiger partial charge is 0.244 e. The first kappa shape index (κ1) is 18.4. The largest absolute Gasteiger partial charge is 0.457 e. The number of fused-ring (bicyclic) bond motifs is 1. The van der Waals surface area contributed by atoms with E-state index in [0.717, 1.165) is 16.9 Å². The second kappa shape index (κ2) is 7.58. The molecule has 0 radical (unpaired) electrons. The molecule has 0 aliphatic carbocycles. The third-order valence-electron chi connectivity index (χ3n) is 4.59. The highest BCUT2D eigenvalue weighted by molar-refractivity contribution is 7.89. The second-order valence-corrected chi connectivity index (χ2v) is 8.56. The van der Waals surface area contributed by atoms with Crippen molar-refractivity contribution in [2.24, 2.45) is 0 Å². The molecule has 6 heteroatoms. The minimum Gasteiger partial charge on any atom is -0.457 e. The van der Waals surface area contributed by atoms with Crippen LogP contribution in [0.15, 0.2) is 83.8 Å². The molecule has 142 valence electrons. The molecule has 0 amide bonds. The molecule has 5 nitrogen and oxygen atoms in total. The van der Waals surface area contributed by atoms with Crippen LogP contribution in [0.1, 0.15) is 11.1 Å². The van der Waals surface area contributed by atoms with Crippen molar-refractivity contribution in [2.75, 3.05) is 6.54 Å². The number of rotatable bonds is 6. The van der Waals surface area contributed by atoms with Crippen LogP contribution in [0.3, 0.4) is 0 Å². The van der Waals surface area contributed by atoms with Crippen molar-refractivity contribution in [3.63, 3.8) is 0 Å². The van der Waals surface area contributed by atoms with Crippen LogP contribution in [-0.2, 0) is 27.8 Å². The lowest BCUT2D eigenvalue weighted by Gasteiger charge is -2.13. The average molecular weight is 393 g/mol. The quantitative estimate of drug-likeness (QED) is 0.639. The normalized spacial score (nSPS) is 15.1. The third-order valence-corrected chi connectivity index (χ3v) is 6.49. The molecule has 0 saturated carbocycles. The maximum atomic E-state index is 12.5. The highest BCUT2D eigenvalue weighted by Gasteiger charge is 2.35. The summed E-state index contributed by atoms with van der Waals surface area (Å²) in [5.41, 5.74) is 1.55. The minimum absolute atomic E-state index is 0.126. The van der Waals surface area contributed by atoms with Gasteiger partial charge in [0.1, 0.15) is 11.5 Å². The van der Waals surface area contributed by atoms with Crippen molar-refractivity contribution >= 4 is 15.8 Å². The topological polar surface area (TPSA) is 63.7 Å². The minimum atomic E-state index is -3.58. The molecule has 1 aliphatic heterocycles. The summed E-state index contributed by atoms with van der Waals surface area (Å²) in [5.74, 6) is 1.28. The summed E-state index contributed by atoms with van der Waals surface area (Å²) >= 11 is 0. The molecule has 3 aromatic carbocycles. The van der Waals surface area contributed by atoms with E-state index in [0.29, 0.717) is 10.6 Å². The fraction of sp³-hybridized carbons (Fsp3) is 0.136. The van der Waals surface area contributed by atoms with Gasteiger partial charge in [-0.15, -0.1) is 0 Å². The highest BCUT2D eigenvalue weighted by Crippen LogP contribution is 2.29. The van der Waals surface area contributed by atoms with Crippen LogP contribution in [0.25, 0.3) is 0 Å². The molecule has 1 heterocycles. The van der Waals surface area contributed by atoms with Crippen molar-refractivity contribution in [3.05, 3.63) is 90.0 Å². The Morgan fingerprint density at radius 3 is 2.21 bits per heavy atom. The Morgan fingerprint density at radius 1 is 0.857 bits per heavy atom. The fourth-order valence-electron chi connectivity index (χ4n) is 3.22. The zero-order valence-corrected chi connectivity index (χ0v) is 15.9. The van der Waals surface area contributed by atoms with Crippen LogP contribution in [-0.4, -0.2) is 25.1 Å². The Hall–Kier alpha value is -2.96. The van der Waals surface area contributed by atoms with Gasteiger partial charge in [0.05, 0.1) is 11.4 Å². The number of ketones is 1. The van der Waals surface area contributed by atoms with Crippen LogP contribution in [0.4, 0.5) is 0 Å². The summed E-state index contributed by atoms with van der Waals surface area (Å²) in [7, 11) is -3.58. The summed E-state index contributed by atoms with van der Waals surface area (Å²) < 4.78 is 32.1. The molecule has 0 bridgehead atoms.